The molecule has 0 bridgehead atoms. The second kappa shape index (κ2) is 5.60. The zero-order valence-electron chi connectivity index (χ0n) is 12.2. The van der Waals surface area contributed by atoms with Gasteiger partial charge in [0.1, 0.15) is 0 Å². The molecule has 0 atom stereocenters. The lowest BCUT2D eigenvalue weighted by atomic mass is 10.1. The second-order valence-electron chi connectivity index (χ2n) is 6.35. The molecule has 4 nitrogen and oxygen atoms in total. The summed E-state index contributed by atoms with van der Waals surface area (Å²) in [6.45, 7) is 0.708. The van der Waals surface area contributed by atoms with Gasteiger partial charge in [0.15, 0.2) is 5.82 Å². The Morgan fingerprint density at radius 2 is 1.81 bits per heavy atom. The lowest BCUT2D eigenvalue weighted by Crippen LogP contribution is -2.32. The summed E-state index contributed by atoms with van der Waals surface area (Å²) in [6, 6.07) is 10.9. The van der Waals surface area contributed by atoms with Crippen LogP contribution < -0.4 is 5.32 Å². The number of nitrogens with zero attached hydrogens (tertiary/aromatic N) is 2. The predicted molar refractivity (Wildman–Crippen MR) is 79.6 cm³/mol. The Morgan fingerprint density at radius 1 is 1.10 bits per heavy atom. The van der Waals surface area contributed by atoms with E-state index in [1.165, 1.54) is 31.2 Å². The van der Waals surface area contributed by atoms with Crippen LogP contribution in [-0.2, 0) is 13.0 Å². The average molecular weight is 283 g/mol. The highest BCUT2D eigenvalue weighted by Gasteiger charge is 2.41. The number of benzene rings is 1. The number of aromatic nitrogens is 2. The number of rotatable bonds is 7. The molecular formula is C17H21N3O. The lowest BCUT2D eigenvalue weighted by molar-refractivity contribution is 0.336. The predicted octanol–water partition coefficient (Wildman–Crippen LogP) is 2.94. The molecule has 0 spiro atoms. The van der Waals surface area contributed by atoms with Crippen LogP contribution in [0.4, 0.5) is 0 Å². The van der Waals surface area contributed by atoms with E-state index in [9.17, 15) is 0 Å². The van der Waals surface area contributed by atoms with Crippen molar-refractivity contribution in [2.24, 2.45) is 11.8 Å². The van der Waals surface area contributed by atoms with Gasteiger partial charge in [0.25, 0.3) is 0 Å². The third-order valence-corrected chi connectivity index (χ3v) is 4.46. The van der Waals surface area contributed by atoms with Gasteiger partial charge >= 0.3 is 0 Å². The fraction of sp³-hybridized carbons (Fsp3) is 0.529. The minimum atomic E-state index is 0.675. The third-order valence-electron chi connectivity index (χ3n) is 4.46. The number of hydrogen-bond acceptors (Lipinski definition) is 4. The average Bonchev–Trinajstić information content (AvgIpc) is 3.42. The zero-order valence-corrected chi connectivity index (χ0v) is 12.2. The molecule has 2 aliphatic carbocycles. The Balaban J connectivity index is 1.34. The molecule has 21 heavy (non-hydrogen) atoms. The van der Waals surface area contributed by atoms with Crippen molar-refractivity contribution in [2.45, 2.75) is 44.7 Å². The SMILES string of the molecule is c1ccc(Cc2noc(CNC(C3CC3)C3CC3)n2)cc1. The van der Waals surface area contributed by atoms with Crippen LogP contribution in [0.15, 0.2) is 34.9 Å². The molecule has 4 rings (SSSR count). The largest absolute Gasteiger partial charge is 0.338 e. The summed E-state index contributed by atoms with van der Waals surface area (Å²) in [5.74, 6) is 3.27. The van der Waals surface area contributed by atoms with E-state index in [0.717, 1.165) is 24.1 Å². The Hall–Kier alpha value is -1.68. The normalized spacial score (nSPS) is 18.3. The minimum Gasteiger partial charge on any atom is -0.338 e. The van der Waals surface area contributed by atoms with Crippen molar-refractivity contribution in [3.8, 4) is 0 Å². The third kappa shape index (κ3) is 3.32. The molecule has 1 aromatic heterocycles. The van der Waals surface area contributed by atoms with Crippen LogP contribution >= 0.6 is 0 Å². The molecule has 2 aliphatic rings. The fourth-order valence-corrected chi connectivity index (χ4v) is 3.05. The second-order valence-corrected chi connectivity index (χ2v) is 6.35. The summed E-state index contributed by atoms with van der Waals surface area (Å²) in [5.41, 5.74) is 1.21. The van der Waals surface area contributed by atoms with Crippen molar-refractivity contribution in [1.82, 2.24) is 15.5 Å². The highest BCUT2D eigenvalue weighted by molar-refractivity contribution is 5.18. The molecule has 1 aromatic carbocycles. The highest BCUT2D eigenvalue weighted by atomic mass is 16.5. The van der Waals surface area contributed by atoms with E-state index in [1.807, 2.05) is 18.2 Å². The van der Waals surface area contributed by atoms with E-state index in [4.69, 9.17) is 4.52 Å². The van der Waals surface area contributed by atoms with Crippen molar-refractivity contribution < 1.29 is 4.52 Å². The van der Waals surface area contributed by atoms with Crippen molar-refractivity contribution in [3.05, 3.63) is 47.6 Å². The van der Waals surface area contributed by atoms with Gasteiger partial charge in [0.05, 0.1) is 6.54 Å². The van der Waals surface area contributed by atoms with Crippen LogP contribution in [0.3, 0.4) is 0 Å². The molecule has 2 fully saturated rings. The van der Waals surface area contributed by atoms with Gasteiger partial charge in [0.2, 0.25) is 5.89 Å². The maximum absolute atomic E-state index is 5.36. The van der Waals surface area contributed by atoms with Gasteiger partial charge in [0, 0.05) is 12.5 Å². The molecule has 4 heteroatoms. The first-order chi connectivity index (χ1) is 10.4. The molecular weight excluding hydrogens is 262 g/mol. The Labute approximate surface area is 124 Å². The number of nitrogens with one attached hydrogen (secondary N) is 1. The molecule has 0 saturated heterocycles. The van der Waals surface area contributed by atoms with Gasteiger partial charge in [-0.2, -0.15) is 4.98 Å². The molecule has 1 N–H and O–H groups in total. The van der Waals surface area contributed by atoms with Gasteiger partial charge in [-0.1, -0.05) is 35.5 Å². The van der Waals surface area contributed by atoms with Gasteiger partial charge in [-0.05, 0) is 43.1 Å². The van der Waals surface area contributed by atoms with Gasteiger partial charge in [-0.15, -0.1) is 0 Å². The Bertz CT molecular complexity index is 575. The summed E-state index contributed by atoms with van der Waals surface area (Å²) in [4.78, 5) is 4.50. The maximum Gasteiger partial charge on any atom is 0.240 e. The van der Waals surface area contributed by atoms with Crippen molar-refractivity contribution in [2.75, 3.05) is 0 Å². The summed E-state index contributed by atoms with van der Waals surface area (Å²) in [5, 5.41) is 7.73. The fourth-order valence-electron chi connectivity index (χ4n) is 3.05. The monoisotopic (exact) mass is 283 g/mol. The van der Waals surface area contributed by atoms with E-state index in [-0.39, 0.29) is 0 Å². The molecule has 0 unspecified atom stereocenters. The van der Waals surface area contributed by atoms with E-state index < -0.39 is 0 Å². The topological polar surface area (TPSA) is 51.0 Å². The van der Waals surface area contributed by atoms with Crippen molar-refractivity contribution in [3.63, 3.8) is 0 Å². The smallest absolute Gasteiger partial charge is 0.240 e. The molecule has 0 radical (unpaired) electrons. The van der Waals surface area contributed by atoms with Crippen LogP contribution in [0, 0.1) is 11.8 Å². The highest BCUT2D eigenvalue weighted by Crippen LogP contribution is 2.44. The summed E-state index contributed by atoms with van der Waals surface area (Å²) in [7, 11) is 0. The molecule has 0 amide bonds. The van der Waals surface area contributed by atoms with Crippen LogP contribution in [-0.4, -0.2) is 16.2 Å². The van der Waals surface area contributed by atoms with E-state index in [0.29, 0.717) is 18.5 Å². The Kier molecular flexibility index (Phi) is 3.47. The van der Waals surface area contributed by atoms with Crippen LogP contribution in [0.5, 0.6) is 0 Å². The maximum atomic E-state index is 5.36. The number of hydrogen-bond donors (Lipinski definition) is 1. The molecule has 2 saturated carbocycles. The van der Waals surface area contributed by atoms with Gasteiger partial charge in [-0.25, -0.2) is 0 Å². The summed E-state index contributed by atoms with van der Waals surface area (Å²) in [6.07, 6.45) is 6.28. The van der Waals surface area contributed by atoms with Gasteiger partial charge in [-0.3, -0.25) is 0 Å². The van der Waals surface area contributed by atoms with Crippen LogP contribution in [0.2, 0.25) is 0 Å². The van der Waals surface area contributed by atoms with Crippen LogP contribution in [0.25, 0.3) is 0 Å². The van der Waals surface area contributed by atoms with Crippen LogP contribution in [0.1, 0.15) is 43.0 Å². The van der Waals surface area contributed by atoms with E-state index in [2.05, 4.69) is 27.6 Å². The first-order valence-corrected chi connectivity index (χ1v) is 7.97. The molecule has 110 valence electrons. The van der Waals surface area contributed by atoms with Gasteiger partial charge < -0.3 is 9.84 Å². The van der Waals surface area contributed by atoms with E-state index in [1.54, 1.807) is 0 Å². The molecule has 2 aromatic rings. The summed E-state index contributed by atoms with van der Waals surface area (Å²) < 4.78 is 5.36. The van der Waals surface area contributed by atoms with Crippen molar-refractivity contribution in [1.29, 1.82) is 0 Å². The lowest BCUT2D eigenvalue weighted by Gasteiger charge is -2.15. The zero-order chi connectivity index (χ0) is 14.1. The van der Waals surface area contributed by atoms with E-state index >= 15 is 0 Å². The first-order valence-electron chi connectivity index (χ1n) is 7.97. The minimum absolute atomic E-state index is 0.675. The Morgan fingerprint density at radius 3 is 2.48 bits per heavy atom. The quantitative estimate of drug-likeness (QED) is 0.849. The standard InChI is InChI=1S/C17H21N3O/c1-2-4-12(5-3-1)10-15-19-16(21-20-15)11-18-17(13-6-7-13)14-8-9-14/h1-5,13-14,17-18H,6-11H2. The van der Waals surface area contributed by atoms with Crippen molar-refractivity contribution >= 4 is 0 Å². The molecule has 1 heterocycles. The first kappa shape index (κ1) is 13.0. The molecule has 0 aliphatic heterocycles. The summed E-state index contributed by atoms with van der Waals surface area (Å²) >= 11 is 0.